The normalized spacial score (nSPS) is 19.5. The van der Waals surface area contributed by atoms with Crippen molar-refractivity contribution in [3.05, 3.63) is 93.5 Å². The van der Waals surface area contributed by atoms with Crippen molar-refractivity contribution in [2.24, 2.45) is 0 Å². The zero-order valence-corrected chi connectivity index (χ0v) is 27.8. The number of hydrogen-bond acceptors (Lipinski definition) is 1. The van der Waals surface area contributed by atoms with Crippen molar-refractivity contribution in [1.82, 2.24) is 0 Å². The summed E-state index contributed by atoms with van der Waals surface area (Å²) in [5, 5.41) is 1.60. The largest absolute Gasteiger partial charge is 1.00 e. The van der Waals surface area contributed by atoms with Gasteiger partial charge in [-0.1, -0.05) is 25.6 Å². The first kappa shape index (κ1) is 30.4. The zero-order valence-electron chi connectivity index (χ0n) is 22.8. The second-order valence-corrected chi connectivity index (χ2v) is 17.1. The maximum absolute atomic E-state index is 5.76. The van der Waals surface area contributed by atoms with Gasteiger partial charge in [0.2, 0.25) is 0 Å². The van der Waals surface area contributed by atoms with Crippen LogP contribution in [0.2, 0.25) is 13.1 Å². The average molecular weight is 628 g/mol. The Morgan fingerprint density at radius 3 is 2.24 bits per heavy atom. The van der Waals surface area contributed by atoms with Crippen molar-refractivity contribution >= 4 is 19.3 Å². The van der Waals surface area contributed by atoms with E-state index in [-0.39, 0.29) is 24.8 Å². The quantitative estimate of drug-likeness (QED) is 0.313. The number of hydrogen-bond donors (Lipinski definition) is 0. The monoisotopic (exact) mass is 625 g/mol. The standard InChI is InChI=1S/C21H23.C11H14OSi.2ClH.Zr/c1-3-4-5-7-17-10-12-18(13-11-17)20-9-6-8-19-14-16(2)15-21(19)20;1-6-5-8-9(12-6)11-7(2)10(8)13(11,3)4;;;/h6,8-15H,3-5,7H2,1-2H3;5,10H,1-4H3;2*1H;/q;;;;+2/p-2. The van der Waals surface area contributed by atoms with Crippen LogP contribution in [0.15, 0.2) is 64.1 Å². The fourth-order valence-electron chi connectivity index (χ4n) is 6.53. The Kier molecular flexibility index (Phi) is 9.83. The van der Waals surface area contributed by atoms with Gasteiger partial charge in [0.05, 0.1) is 8.07 Å². The van der Waals surface area contributed by atoms with Crippen molar-refractivity contribution in [3.63, 3.8) is 0 Å². The molecule has 2 unspecified atom stereocenters. The van der Waals surface area contributed by atoms with E-state index in [4.69, 9.17) is 4.42 Å². The summed E-state index contributed by atoms with van der Waals surface area (Å²) < 4.78 is 6.41. The van der Waals surface area contributed by atoms with Crippen LogP contribution in [-0.4, -0.2) is 8.07 Å². The molecule has 2 aliphatic heterocycles. The second kappa shape index (κ2) is 12.0. The summed E-state index contributed by atoms with van der Waals surface area (Å²) in [5.41, 5.74) is 12.5. The minimum atomic E-state index is -1.10. The van der Waals surface area contributed by atoms with E-state index in [0.717, 1.165) is 11.3 Å². The average Bonchev–Trinajstić information content (AvgIpc) is 3.48. The predicted molar refractivity (Wildman–Crippen MR) is 148 cm³/mol. The summed E-state index contributed by atoms with van der Waals surface area (Å²) in [7, 11) is -1.10. The van der Waals surface area contributed by atoms with Gasteiger partial charge in [0.1, 0.15) is 11.5 Å². The fourth-order valence-corrected chi connectivity index (χ4v) is 11.6. The van der Waals surface area contributed by atoms with Gasteiger partial charge < -0.3 is 29.2 Å². The molecule has 2 aliphatic carbocycles. The van der Waals surface area contributed by atoms with Crippen molar-refractivity contribution < 1.29 is 54.0 Å². The van der Waals surface area contributed by atoms with Gasteiger partial charge in [0.15, 0.2) is 0 Å². The fraction of sp³-hybridized carbons (Fsp3) is 0.375. The topological polar surface area (TPSA) is 13.1 Å². The SMILES string of the molecule is CC1=C2c3oc(C)cc3C1[Si]2(C)C.CCCCCc1ccc(-c2cccc3c2C=C(C)[CH]3[Zr+2])cc1.[Cl-].[Cl-]. The van der Waals surface area contributed by atoms with Crippen LogP contribution in [0.25, 0.3) is 22.4 Å². The van der Waals surface area contributed by atoms with Crippen molar-refractivity contribution in [3.8, 4) is 11.1 Å². The third-order valence-corrected chi connectivity index (χ3v) is 14.2. The third kappa shape index (κ3) is 5.36. The van der Waals surface area contributed by atoms with E-state index >= 15 is 0 Å². The second-order valence-electron chi connectivity index (χ2n) is 11.1. The van der Waals surface area contributed by atoms with E-state index in [9.17, 15) is 0 Å². The number of fused-ring (bicyclic) bond motifs is 1. The Labute approximate surface area is 251 Å². The summed E-state index contributed by atoms with van der Waals surface area (Å²) in [6, 6.07) is 18.2. The molecule has 0 saturated carbocycles. The van der Waals surface area contributed by atoms with Crippen LogP contribution >= 0.6 is 0 Å². The molecular formula is C32H37Cl2OSiZr. The van der Waals surface area contributed by atoms with Gasteiger partial charge in [-0.05, 0) is 25.1 Å². The summed E-state index contributed by atoms with van der Waals surface area (Å²) >= 11 is 1.59. The third-order valence-electron chi connectivity index (χ3n) is 8.23. The van der Waals surface area contributed by atoms with Gasteiger partial charge >= 0.3 is 143 Å². The summed E-state index contributed by atoms with van der Waals surface area (Å²) in [4.78, 5) is 0. The van der Waals surface area contributed by atoms with Gasteiger partial charge in [0.25, 0.3) is 0 Å². The minimum Gasteiger partial charge on any atom is -1.00 e. The molecule has 193 valence electrons. The van der Waals surface area contributed by atoms with Gasteiger partial charge in [-0.25, -0.2) is 0 Å². The molecule has 0 spiro atoms. The molecule has 2 aromatic carbocycles. The number of benzene rings is 2. The van der Waals surface area contributed by atoms with E-state index in [1.54, 1.807) is 35.5 Å². The number of allylic oxidation sites excluding steroid dienone is 2. The molecule has 0 N–H and O–H groups in total. The molecule has 37 heavy (non-hydrogen) atoms. The first-order valence-corrected chi connectivity index (χ1v) is 17.7. The molecule has 3 aromatic rings. The maximum atomic E-state index is 5.76. The molecular weight excluding hydrogens is 591 g/mol. The molecule has 0 fully saturated rings. The van der Waals surface area contributed by atoms with E-state index in [1.165, 1.54) is 70.4 Å². The van der Waals surface area contributed by atoms with Crippen LogP contribution in [0, 0.1) is 6.92 Å². The molecule has 0 saturated heterocycles. The van der Waals surface area contributed by atoms with E-state index in [1.807, 2.05) is 6.92 Å². The Morgan fingerprint density at radius 2 is 1.62 bits per heavy atom. The Bertz CT molecular complexity index is 1330. The molecule has 4 aliphatic rings. The summed E-state index contributed by atoms with van der Waals surface area (Å²) in [5.74, 6) is 2.31. The Hall–Kier alpha value is -1.12. The van der Waals surface area contributed by atoms with Crippen LogP contribution in [0.5, 0.6) is 0 Å². The van der Waals surface area contributed by atoms with Gasteiger partial charge in [0, 0.05) is 11.1 Å². The maximum Gasteiger partial charge on any atom is -1.00 e. The Morgan fingerprint density at radius 1 is 0.919 bits per heavy atom. The first-order chi connectivity index (χ1) is 16.7. The van der Waals surface area contributed by atoms with Gasteiger partial charge in [-0.2, -0.15) is 0 Å². The summed E-state index contributed by atoms with van der Waals surface area (Å²) in [6.07, 6.45) is 7.53. The van der Waals surface area contributed by atoms with E-state index in [2.05, 4.69) is 88.5 Å². The number of halogens is 2. The molecule has 7 rings (SSSR count). The number of aryl methyl sites for hydroxylation is 2. The van der Waals surface area contributed by atoms with Crippen LogP contribution in [0.1, 0.15) is 83.0 Å². The molecule has 5 heteroatoms. The number of rotatable bonds is 5. The van der Waals surface area contributed by atoms with E-state index < -0.39 is 8.07 Å². The van der Waals surface area contributed by atoms with E-state index in [0.29, 0.717) is 3.63 Å². The van der Waals surface area contributed by atoms with Crippen molar-refractivity contribution in [2.75, 3.05) is 0 Å². The molecule has 3 heterocycles. The smallest absolute Gasteiger partial charge is 1.00 e. The molecule has 2 bridgehead atoms. The molecule has 0 radical (unpaired) electrons. The zero-order chi connectivity index (χ0) is 24.9. The molecule has 0 amide bonds. The molecule has 1 nitrogen and oxygen atoms in total. The number of furan rings is 1. The Balaban J connectivity index is 0.000000217. The van der Waals surface area contributed by atoms with Gasteiger partial charge in [-0.15, -0.1) is 0 Å². The minimum absolute atomic E-state index is 0. The van der Waals surface area contributed by atoms with Crippen LogP contribution in [-0.2, 0) is 31.1 Å². The molecule has 1 aromatic heterocycles. The van der Waals surface area contributed by atoms with Crippen LogP contribution in [0.3, 0.4) is 0 Å². The molecule has 2 atom stereocenters. The van der Waals surface area contributed by atoms with Crippen molar-refractivity contribution in [1.29, 1.82) is 0 Å². The first-order valence-electron chi connectivity index (χ1n) is 13.2. The number of unbranched alkanes of at least 4 members (excludes halogenated alkanes) is 2. The summed E-state index contributed by atoms with van der Waals surface area (Å²) in [6.45, 7) is 13.7. The van der Waals surface area contributed by atoms with Crippen LogP contribution in [0.4, 0.5) is 0 Å². The van der Waals surface area contributed by atoms with Gasteiger partial charge in [-0.3, -0.25) is 0 Å². The van der Waals surface area contributed by atoms with Crippen molar-refractivity contribution in [2.45, 2.75) is 75.6 Å². The van der Waals surface area contributed by atoms with Crippen LogP contribution < -0.4 is 24.8 Å². The predicted octanol–water partition coefficient (Wildman–Crippen LogP) is 3.36.